The molecule has 9 heteroatoms. The molecule has 0 amide bonds. The topological polar surface area (TPSA) is 85.4 Å². The van der Waals surface area contributed by atoms with Gasteiger partial charge in [0.1, 0.15) is 0 Å². The minimum absolute atomic E-state index is 0.290. The van der Waals surface area contributed by atoms with E-state index >= 15 is 0 Å². The molecule has 1 saturated heterocycles. The van der Waals surface area contributed by atoms with Crippen molar-refractivity contribution >= 4 is 22.9 Å². The second-order valence-corrected chi connectivity index (χ2v) is 9.63. The lowest BCUT2D eigenvalue weighted by Crippen LogP contribution is -2.41. The van der Waals surface area contributed by atoms with E-state index in [0.717, 1.165) is 29.7 Å². The summed E-state index contributed by atoms with van der Waals surface area (Å²) >= 11 is 0. The van der Waals surface area contributed by atoms with Crippen LogP contribution in [0.3, 0.4) is 0 Å². The summed E-state index contributed by atoms with van der Waals surface area (Å²) in [7, 11) is 3.66. The van der Waals surface area contributed by atoms with Crippen LogP contribution in [-0.2, 0) is 20.1 Å². The van der Waals surface area contributed by atoms with E-state index in [4.69, 9.17) is 4.98 Å². The van der Waals surface area contributed by atoms with Crippen LogP contribution in [0.4, 0.5) is 5.95 Å². The zero-order chi connectivity index (χ0) is 24.9. The Bertz CT molecular complexity index is 1490. The van der Waals surface area contributed by atoms with Gasteiger partial charge in [-0.25, -0.2) is 4.79 Å². The third-order valence-corrected chi connectivity index (χ3v) is 6.83. The number of aryl methyl sites for hydroxylation is 1. The molecule has 2 aromatic heterocycles. The molecule has 9 nitrogen and oxygen atoms in total. The van der Waals surface area contributed by atoms with Gasteiger partial charge in [0.05, 0.1) is 6.54 Å². The third-order valence-electron chi connectivity index (χ3n) is 6.83. The number of rotatable bonds is 6. The van der Waals surface area contributed by atoms with E-state index in [-0.39, 0.29) is 12.3 Å². The molecule has 0 spiro atoms. The highest BCUT2D eigenvalue weighted by atomic mass is 16.2. The number of hydrogen-bond acceptors (Lipinski definition) is 6. The molecule has 2 aliphatic heterocycles. The zero-order valence-corrected chi connectivity index (χ0v) is 20.6. The molecule has 182 valence electrons. The van der Waals surface area contributed by atoms with Crippen molar-refractivity contribution in [3.8, 4) is 0 Å². The molecule has 2 aliphatic rings. The van der Waals surface area contributed by atoms with Crippen LogP contribution in [0.2, 0.25) is 0 Å². The van der Waals surface area contributed by atoms with E-state index < -0.39 is 11.2 Å². The normalized spacial score (nSPS) is 17.1. The second-order valence-electron chi connectivity index (χ2n) is 9.63. The van der Waals surface area contributed by atoms with Crippen LogP contribution in [0.25, 0.3) is 11.2 Å². The fraction of sp³-hybridized carbons (Fsp3) is 0.385. The molecule has 0 aliphatic carbocycles. The van der Waals surface area contributed by atoms with Crippen LogP contribution in [0.15, 0.2) is 63.5 Å². The van der Waals surface area contributed by atoms with E-state index in [1.165, 1.54) is 10.3 Å². The molecule has 1 aromatic carbocycles. The monoisotopic (exact) mass is 474 g/mol. The van der Waals surface area contributed by atoms with E-state index in [2.05, 4.69) is 23.0 Å². The van der Waals surface area contributed by atoms with Crippen molar-refractivity contribution in [2.45, 2.75) is 33.4 Å². The number of carbonyl (C=O) groups is 1. The number of ketones is 1. The standard InChI is InChI=1S/C26H30N6O3/c1-17(2)10-12-31-22-23(27-25(31)30-13-11-19-14-28(3)15-20(19)30)29(4)26(35)32(24(22)34)16-21(33)18-8-6-5-7-9-18/h5-10,15,19H,11-14,16H2,1-4H3. The number of carbonyl (C=O) groups excluding carboxylic acids is 1. The number of hydrogen-bond donors (Lipinski definition) is 0. The third kappa shape index (κ3) is 3.90. The van der Waals surface area contributed by atoms with E-state index in [1.807, 2.05) is 30.6 Å². The Morgan fingerprint density at radius 2 is 1.86 bits per heavy atom. The number of aromatic nitrogens is 4. The summed E-state index contributed by atoms with van der Waals surface area (Å²) in [5.74, 6) is 0.794. The Kier molecular flexibility index (Phi) is 5.70. The minimum atomic E-state index is -0.552. The predicted octanol–water partition coefficient (Wildman–Crippen LogP) is 2.36. The summed E-state index contributed by atoms with van der Waals surface area (Å²) in [5, 5.41) is 0. The Labute approximate surface area is 203 Å². The number of fused-ring (bicyclic) bond motifs is 2. The first-order valence-corrected chi connectivity index (χ1v) is 11.9. The molecular weight excluding hydrogens is 444 g/mol. The van der Waals surface area contributed by atoms with Gasteiger partial charge >= 0.3 is 5.69 Å². The summed E-state index contributed by atoms with van der Waals surface area (Å²) < 4.78 is 4.28. The van der Waals surface area contributed by atoms with Crippen LogP contribution < -0.4 is 16.1 Å². The maximum Gasteiger partial charge on any atom is 0.332 e. The van der Waals surface area contributed by atoms with Crippen molar-refractivity contribution in [1.82, 2.24) is 23.6 Å². The average Bonchev–Trinajstić information content (AvgIpc) is 3.51. The highest BCUT2D eigenvalue weighted by Crippen LogP contribution is 2.37. The molecule has 0 saturated carbocycles. The molecule has 1 unspecified atom stereocenters. The molecule has 0 bridgehead atoms. The molecule has 4 heterocycles. The molecular formula is C26H30N6O3. The first-order chi connectivity index (χ1) is 16.8. The van der Waals surface area contributed by atoms with Crippen LogP contribution >= 0.6 is 0 Å². The fourth-order valence-corrected chi connectivity index (χ4v) is 5.00. The highest BCUT2D eigenvalue weighted by Gasteiger charge is 2.36. The predicted molar refractivity (Wildman–Crippen MR) is 136 cm³/mol. The Morgan fingerprint density at radius 3 is 2.57 bits per heavy atom. The molecule has 35 heavy (non-hydrogen) atoms. The largest absolute Gasteiger partial charge is 0.378 e. The molecule has 3 aromatic rings. The number of anilines is 1. The molecule has 1 fully saturated rings. The minimum Gasteiger partial charge on any atom is -0.378 e. The lowest BCUT2D eigenvalue weighted by molar-refractivity contribution is 0.0969. The Hall–Kier alpha value is -3.88. The highest BCUT2D eigenvalue weighted by molar-refractivity contribution is 5.96. The molecule has 0 radical (unpaired) electrons. The number of allylic oxidation sites excluding steroid dienone is 2. The van der Waals surface area contributed by atoms with Crippen LogP contribution in [-0.4, -0.2) is 49.5 Å². The number of imidazole rings is 1. The fourth-order valence-electron chi connectivity index (χ4n) is 5.00. The first-order valence-electron chi connectivity index (χ1n) is 11.9. The van der Waals surface area contributed by atoms with Gasteiger partial charge in [-0.05, 0) is 20.3 Å². The Morgan fingerprint density at radius 1 is 1.11 bits per heavy atom. The van der Waals surface area contributed by atoms with Gasteiger partial charge in [0.2, 0.25) is 5.95 Å². The summed E-state index contributed by atoms with van der Waals surface area (Å²) in [6.07, 6.45) is 5.19. The molecule has 0 N–H and O–H groups in total. The van der Waals surface area contributed by atoms with Gasteiger partial charge < -0.3 is 14.4 Å². The molecule has 5 rings (SSSR count). The van der Waals surface area contributed by atoms with Gasteiger partial charge in [-0.2, -0.15) is 4.98 Å². The summed E-state index contributed by atoms with van der Waals surface area (Å²) in [5.41, 5.74) is 2.37. The lowest BCUT2D eigenvalue weighted by Gasteiger charge is -2.20. The van der Waals surface area contributed by atoms with Gasteiger partial charge in [-0.1, -0.05) is 42.0 Å². The van der Waals surface area contributed by atoms with E-state index in [1.54, 1.807) is 31.3 Å². The smallest absolute Gasteiger partial charge is 0.332 e. The number of Topliss-reactive ketones (excluding diaryl/α,β-unsaturated/α-hetero) is 1. The lowest BCUT2D eigenvalue weighted by atomic mass is 10.1. The van der Waals surface area contributed by atoms with Gasteiger partial charge in [0, 0.05) is 57.1 Å². The van der Waals surface area contributed by atoms with Gasteiger partial charge in [0.25, 0.3) is 5.56 Å². The second kappa shape index (κ2) is 8.72. The SMILES string of the molecule is CC(C)=CCn1c(N2CCC3CN(C)C=C32)nc2c1c(=O)n(CC(=O)c1ccccc1)c(=O)n2C. The van der Waals surface area contributed by atoms with Crippen molar-refractivity contribution in [3.63, 3.8) is 0 Å². The Balaban J connectivity index is 1.69. The van der Waals surface area contributed by atoms with Crippen molar-refractivity contribution in [3.05, 3.63) is 80.3 Å². The van der Waals surface area contributed by atoms with Crippen LogP contribution in [0.1, 0.15) is 30.6 Å². The van der Waals surface area contributed by atoms with E-state index in [0.29, 0.717) is 35.1 Å². The quantitative estimate of drug-likeness (QED) is 0.403. The number of benzene rings is 1. The molecule has 1 atom stereocenters. The summed E-state index contributed by atoms with van der Waals surface area (Å²) in [4.78, 5) is 48.9. The van der Waals surface area contributed by atoms with Gasteiger partial charge in [0.15, 0.2) is 16.9 Å². The van der Waals surface area contributed by atoms with Gasteiger partial charge in [-0.15, -0.1) is 0 Å². The average molecular weight is 475 g/mol. The number of nitrogens with zero attached hydrogens (tertiary/aromatic N) is 6. The van der Waals surface area contributed by atoms with Gasteiger partial charge in [-0.3, -0.25) is 18.7 Å². The van der Waals surface area contributed by atoms with Crippen molar-refractivity contribution in [1.29, 1.82) is 0 Å². The van der Waals surface area contributed by atoms with Crippen molar-refractivity contribution < 1.29 is 4.79 Å². The summed E-state index contributed by atoms with van der Waals surface area (Å²) in [6, 6.07) is 8.71. The zero-order valence-electron chi connectivity index (χ0n) is 20.6. The van der Waals surface area contributed by atoms with E-state index in [9.17, 15) is 14.4 Å². The maximum absolute atomic E-state index is 13.7. The van der Waals surface area contributed by atoms with Crippen LogP contribution in [0, 0.1) is 5.92 Å². The first kappa shape index (κ1) is 22.9. The van der Waals surface area contributed by atoms with Crippen molar-refractivity contribution in [2.75, 3.05) is 25.0 Å². The van der Waals surface area contributed by atoms with Crippen LogP contribution in [0.5, 0.6) is 0 Å². The van der Waals surface area contributed by atoms with Crippen molar-refractivity contribution in [2.24, 2.45) is 13.0 Å². The summed E-state index contributed by atoms with van der Waals surface area (Å²) in [6.45, 7) is 5.90. The maximum atomic E-state index is 13.7.